The molecule has 0 N–H and O–H groups in total. The van der Waals surface area contributed by atoms with E-state index in [0.717, 1.165) is 16.6 Å². The fourth-order valence-corrected chi connectivity index (χ4v) is 1.94. The zero-order valence-corrected chi connectivity index (χ0v) is 9.56. The number of aromatic nitrogens is 3. The molecule has 0 unspecified atom stereocenters. The Morgan fingerprint density at radius 2 is 2.12 bits per heavy atom. The van der Waals surface area contributed by atoms with Gasteiger partial charge in [-0.2, -0.15) is 5.10 Å². The second-order valence-corrected chi connectivity index (χ2v) is 4.98. The summed E-state index contributed by atoms with van der Waals surface area (Å²) in [5.41, 5.74) is 3.92. The Morgan fingerprint density at radius 1 is 1.31 bits per heavy atom. The van der Waals surface area contributed by atoms with Gasteiger partial charge < -0.3 is 4.42 Å². The number of hydrogen-bond acceptors (Lipinski definition) is 3. The molecule has 0 aliphatic heterocycles. The first-order valence-electron chi connectivity index (χ1n) is 5.27. The van der Waals surface area contributed by atoms with E-state index in [1.165, 1.54) is 12.0 Å². The van der Waals surface area contributed by atoms with Crippen molar-refractivity contribution in [3.63, 3.8) is 0 Å². The summed E-state index contributed by atoms with van der Waals surface area (Å²) in [5, 5.41) is 4.34. The molecule has 0 bridgehead atoms. The van der Waals surface area contributed by atoms with Crippen LogP contribution in [-0.2, 0) is 5.41 Å². The minimum Gasteiger partial charge on any atom is -0.441 e. The first-order valence-corrected chi connectivity index (χ1v) is 5.27. The van der Waals surface area contributed by atoms with Crippen molar-refractivity contribution < 1.29 is 4.42 Å². The largest absolute Gasteiger partial charge is 0.441 e. The summed E-state index contributed by atoms with van der Waals surface area (Å²) in [6.45, 7) is 6.50. The van der Waals surface area contributed by atoms with Gasteiger partial charge in [-0.05, 0) is 11.5 Å². The highest BCUT2D eigenvalue weighted by molar-refractivity contribution is 5.90. The number of nitrogens with zero attached hydrogens (tertiary/aromatic N) is 3. The highest BCUT2D eigenvalue weighted by Gasteiger charge is 2.21. The molecule has 3 heterocycles. The molecule has 0 aromatic carbocycles. The second kappa shape index (κ2) is 2.84. The average Bonchev–Trinajstić information content (AvgIpc) is 2.81. The predicted molar refractivity (Wildman–Crippen MR) is 61.5 cm³/mol. The third kappa shape index (κ3) is 1.16. The normalized spacial score (nSPS) is 12.7. The predicted octanol–water partition coefficient (Wildman–Crippen LogP) is 2.77. The van der Waals surface area contributed by atoms with Crippen molar-refractivity contribution in [3.8, 4) is 0 Å². The van der Waals surface area contributed by atoms with Gasteiger partial charge in [0, 0.05) is 11.8 Å². The molecule has 0 radical (unpaired) electrons. The smallest absolute Gasteiger partial charge is 0.182 e. The molecule has 4 nitrogen and oxygen atoms in total. The third-order valence-electron chi connectivity index (χ3n) is 2.79. The van der Waals surface area contributed by atoms with Crippen molar-refractivity contribution in [1.29, 1.82) is 0 Å². The second-order valence-electron chi connectivity index (χ2n) is 4.98. The van der Waals surface area contributed by atoms with Crippen LogP contribution < -0.4 is 0 Å². The molecule has 3 rings (SSSR count). The van der Waals surface area contributed by atoms with Gasteiger partial charge in [-0.1, -0.05) is 20.8 Å². The summed E-state index contributed by atoms with van der Waals surface area (Å²) in [4.78, 5) is 4.16. The van der Waals surface area contributed by atoms with Gasteiger partial charge in [-0.25, -0.2) is 9.50 Å². The molecule has 0 amide bonds. The lowest BCUT2D eigenvalue weighted by Crippen LogP contribution is -2.10. The summed E-state index contributed by atoms with van der Waals surface area (Å²) in [6, 6.07) is 1.91. The zero-order chi connectivity index (χ0) is 11.3. The van der Waals surface area contributed by atoms with Crippen LogP contribution in [-0.4, -0.2) is 14.6 Å². The van der Waals surface area contributed by atoms with Gasteiger partial charge in [0.1, 0.15) is 11.0 Å². The summed E-state index contributed by atoms with van der Waals surface area (Å²) in [7, 11) is 0. The quantitative estimate of drug-likeness (QED) is 0.579. The lowest BCUT2D eigenvalue weighted by Gasteiger charge is -2.16. The van der Waals surface area contributed by atoms with E-state index >= 15 is 0 Å². The van der Waals surface area contributed by atoms with E-state index in [4.69, 9.17) is 4.42 Å². The van der Waals surface area contributed by atoms with Gasteiger partial charge in [-0.15, -0.1) is 0 Å². The fraction of sp³-hybridized carbons (Fsp3) is 0.333. The van der Waals surface area contributed by atoms with Crippen LogP contribution in [0, 0.1) is 0 Å². The van der Waals surface area contributed by atoms with Gasteiger partial charge in [0.15, 0.2) is 12.0 Å². The molecule has 4 heteroatoms. The molecule has 3 aromatic rings. The minimum atomic E-state index is 0.0445. The van der Waals surface area contributed by atoms with Crippen LogP contribution in [0.3, 0.4) is 0 Å². The van der Waals surface area contributed by atoms with Gasteiger partial charge in [0.2, 0.25) is 0 Å². The zero-order valence-electron chi connectivity index (χ0n) is 9.56. The summed E-state index contributed by atoms with van der Waals surface area (Å²) in [6.07, 6.45) is 5.29. The third-order valence-corrected chi connectivity index (χ3v) is 2.79. The molecule has 82 valence electrons. The van der Waals surface area contributed by atoms with Crippen LogP contribution in [0.5, 0.6) is 0 Å². The highest BCUT2D eigenvalue weighted by Crippen LogP contribution is 2.30. The Morgan fingerprint density at radius 3 is 2.88 bits per heavy atom. The van der Waals surface area contributed by atoms with E-state index in [2.05, 4.69) is 30.9 Å². The Bertz CT molecular complexity index is 658. The molecule has 0 spiro atoms. The van der Waals surface area contributed by atoms with Crippen molar-refractivity contribution in [2.24, 2.45) is 0 Å². The molecular formula is C12H13N3O. The van der Waals surface area contributed by atoms with Crippen LogP contribution in [0.2, 0.25) is 0 Å². The molecule has 0 atom stereocenters. The van der Waals surface area contributed by atoms with E-state index in [9.17, 15) is 0 Å². The molecule has 0 fully saturated rings. The number of rotatable bonds is 0. The number of oxazole rings is 1. The topological polar surface area (TPSA) is 43.3 Å². The summed E-state index contributed by atoms with van der Waals surface area (Å²) < 4.78 is 7.29. The standard InChI is InChI=1S/C12H13N3O/c1-12(2,3)8-6-14-15-5-4-9-11(10(8)15)16-7-13-9/h4-7H,1-3H3. The van der Waals surface area contributed by atoms with Crippen LogP contribution >= 0.6 is 0 Å². The van der Waals surface area contributed by atoms with Crippen molar-refractivity contribution in [2.45, 2.75) is 26.2 Å². The van der Waals surface area contributed by atoms with E-state index < -0.39 is 0 Å². The maximum atomic E-state index is 5.45. The van der Waals surface area contributed by atoms with Crippen LogP contribution in [0.4, 0.5) is 0 Å². The van der Waals surface area contributed by atoms with Gasteiger partial charge in [0.25, 0.3) is 0 Å². The molecule has 16 heavy (non-hydrogen) atoms. The maximum Gasteiger partial charge on any atom is 0.182 e. The Hall–Kier alpha value is -1.84. The van der Waals surface area contributed by atoms with E-state index in [0.29, 0.717) is 0 Å². The number of pyridine rings is 1. The van der Waals surface area contributed by atoms with Crippen LogP contribution in [0.1, 0.15) is 26.3 Å². The lowest BCUT2D eigenvalue weighted by atomic mass is 9.88. The van der Waals surface area contributed by atoms with Crippen molar-refractivity contribution in [2.75, 3.05) is 0 Å². The Kier molecular flexibility index (Phi) is 1.67. The first kappa shape index (κ1) is 9.39. The van der Waals surface area contributed by atoms with Crippen LogP contribution in [0.15, 0.2) is 29.3 Å². The van der Waals surface area contributed by atoms with Crippen molar-refractivity contribution >= 4 is 16.6 Å². The Balaban J connectivity index is 2.51. The van der Waals surface area contributed by atoms with Crippen molar-refractivity contribution in [3.05, 3.63) is 30.4 Å². The lowest BCUT2D eigenvalue weighted by molar-refractivity contribution is 0.587. The average molecular weight is 215 g/mol. The SMILES string of the molecule is CC(C)(C)c1cnn2ccc3ncoc3c12. The van der Waals surface area contributed by atoms with E-state index in [-0.39, 0.29) is 5.41 Å². The number of hydrogen-bond donors (Lipinski definition) is 0. The maximum absolute atomic E-state index is 5.45. The van der Waals surface area contributed by atoms with Crippen LogP contribution in [0.25, 0.3) is 16.6 Å². The van der Waals surface area contributed by atoms with Gasteiger partial charge in [-0.3, -0.25) is 0 Å². The van der Waals surface area contributed by atoms with Crippen molar-refractivity contribution in [1.82, 2.24) is 14.6 Å². The summed E-state index contributed by atoms with van der Waals surface area (Å²) >= 11 is 0. The Labute approximate surface area is 92.9 Å². The molecule has 0 saturated heterocycles. The highest BCUT2D eigenvalue weighted by atomic mass is 16.3. The minimum absolute atomic E-state index is 0.0445. The molecule has 0 aliphatic rings. The molecule has 0 aliphatic carbocycles. The summed E-state index contributed by atoms with van der Waals surface area (Å²) in [5.74, 6) is 0. The number of fused-ring (bicyclic) bond motifs is 3. The van der Waals surface area contributed by atoms with Gasteiger partial charge in [0.05, 0.1) is 6.20 Å². The fourth-order valence-electron chi connectivity index (χ4n) is 1.94. The van der Waals surface area contributed by atoms with E-state index in [1.54, 1.807) is 0 Å². The molecular weight excluding hydrogens is 202 g/mol. The first-order chi connectivity index (χ1) is 7.57. The molecule has 3 aromatic heterocycles. The molecule has 0 saturated carbocycles. The van der Waals surface area contributed by atoms with E-state index in [1.807, 2.05) is 23.0 Å². The van der Waals surface area contributed by atoms with Gasteiger partial charge >= 0.3 is 0 Å². The monoisotopic (exact) mass is 215 g/mol.